The van der Waals surface area contributed by atoms with E-state index in [1.165, 1.54) is 0 Å². The number of carbonyl (C=O) groups is 2. The van der Waals surface area contributed by atoms with Gasteiger partial charge in [0.25, 0.3) is 11.8 Å². The number of benzene rings is 1. The van der Waals surface area contributed by atoms with E-state index in [0.29, 0.717) is 39.4 Å². The van der Waals surface area contributed by atoms with E-state index in [4.69, 9.17) is 4.42 Å². The Balaban J connectivity index is 1.66. The number of nitrogens with zero attached hydrogens (tertiary/aromatic N) is 1. The van der Waals surface area contributed by atoms with E-state index in [1.807, 2.05) is 18.2 Å². The Morgan fingerprint density at radius 2 is 1.81 bits per heavy atom. The molecule has 0 saturated heterocycles. The fourth-order valence-corrected chi connectivity index (χ4v) is 3.19. The highest BCUT2D eigenvalue weighted by molar-refractivity contribution is 9.10. The molecule has 0 spiro atoms. The minimum atomic E-state index is -0.220. The van der Waals surface area contributed by atoms with Crippen molar-refractivity contribution in [3.63, 3.8) is 0 Å². The van der Waals surface area contributed by atoms with E-state index in [-0.39, 0.29) is 11.8 Å². The summed E-state index contributed by atoms with van der Waals surface area (Å²) in [6.07, 6.45) is 3.14. The van der Waals surface area contributed by atoms with Gasteiger partial charge in [-0.25, -0.2) is 0 Å². The molecule has 1 aromatic carbocycles. The molecular weight excluding hydrogens is 410 g/mol. The number of rotatable bonds is 5. The zero-order chi connectivity index (χ0) is 19.4. The van der Waals surface area contributed by atoms with Crippen LogP contribution in [-0.4, -0.2) is 16.8 Å². The number of amides is 2. The predicted molar refractivity (Wildman–Crippen MR) is 106 cm³/mol. The molecule has 3 aromatic rings. The lowest BCUT2D eigenvalue weighted by molar-refractivity contribution is 0.0947. The van der Waals surface area contributed by atoms with Gasteiger partial charge in [-0.15, -0.1) is 0 Å². The van der Waals surface area contributed by atoms with Crippen molar-refractivity contribution >= 4 is 33.4 Å². The first kappa shape index (κ1) is 18.8. The van der Waals surface area contributed by atoms with Crippen LogP contribution in [0.1, 0.15) is 37.8 Å². The molecule has 7 heteroatoms. The Bertz CT molecular complexity index is 983. The fourth-order valence-electron chi connectivity index (χ4n) is 2.65. The number of aromatic nitrogens is 1. The fraction of sp³-hybridized carbons (Fsp3) is 0.150. The highest BCUT2D eigenvalue weighted by atomic mass is 79.9. The highest BCUT2D eigenvalue weighted by Crippen LogP contribution is 2.27. The third-order valence-electron chi connectivity index (χ3n) is 3.99. The molecule has 0 radical (unpaired) electrons. The van der Waals surface area contributed by atoms with Crippen molar-refractivity contribution in [3.05, 3.63) is 81.5 Å². The largest absolute Gasteiger partial charge is 0.465 e. The van der Waals surface area contributed by atoms with Gasteiger partial charge in [0.05, 0.1) is 10.0 Å². The normalized spacial score (nSPS) is 10.5. The molecule has 0 saturated carbocycles. The number of nitrogens with one attached hydrogen (secondary N) is 2. The number of pyridine rings is 1. The second-order valence-corrected chi connectivity index (χ2v) is 6.77. The summed E-state index contributed by atoms with van der Waals surface area (Å²) in [5.74, 6) is 0.795. The third-order valence-corrected chi connectivity index (χ3v) is 4.95. The van der Waals surface area contributed by atoms with Gasteiger partial charge < -0.3 is 15.1 Å². The van der Waals surface area contributed by atoms with E-state index in [0.717, 1.165) is 5.56 Å². The average molecular weight is 428 g/mol. The molecular formula is C20H18BrN3O3. The van der Waals surface area contributed by atoms with E-state index in [2.05, 4.69) is 31.5 Å². The summed E-state index contributed by atoms with van der Waals surface area (Å²) < 4.78 is 6.13. The Morgan fingerprint density at radius 3 is 2.48 bits per heavy atom. The molecule has 0 aliphatic heterocycles. The van der Waals surface area contributed by atoms with Crippen LogP contribution in [0, 0.1) is 13.8 Å². The van der Waals surface area contributed by atoms with Crippen molar-refractivity contribution in [2.24, 2.45) is 0 Å². The van der Waals surface area contributed by atoms with Crippen molar-refractivity contribution in [1.82, 2.24) is 10.3 Å². The monoisotopic (exact) mass is 427 g/mol. The summed E-state index contributed by atoms with van der Waals surface area (Å²) >= 11 is 3.38. The molecule has 0 aliphatic rings. The van der Waals surface area contributed by atoms with Gasteiger partial charge in [-0.05, 0) is 59.6 Å². The molecule has 0 atom stereocenters. The lowest BCUT2D eigenvalue weighted by atomic mass is 10.1. The predicted octanol–water partition coefficient (Wildman–Crippen LogP) is 4.24. The molecule has 0 fully saturated rings. The summed E-state index contributed by atoms with van der Waals surface area (Å²) in [4.78, 5) is 28.6. The smallest absolute Gasteiger partial charge is 0.256 e. The standard InChI is InChI=1S/C20H18BrN3O3/c1-12-17(18(21)13(2)27-12)20(26)23-11-14-4-3-5-16(10-14)24-19(25)15-6-8-22-9-7-15/h3-10H,11H2,1-2H3,(H,23,26)(H,24,25). The SMILES string of the molecule is Cc1oc(C)c(C(=O)NCc2cccc(NC(=O)c3ccncc3)c2)c1Br. The van der Waals surface area contributed by atoms with Gasteiger partial charge in [0.2, 0.25) is 0 Å². The van der Waals surface area contributed by atoms with Gasteiger partial charge in [-0.2, -0.15) is 0 Å². The van der Waals surface area contributed by atoms with Crippen LogP contribution in [-0.2, 0) is 6.54 Å². The van der Waals surface area contributed by atoms with Crippen molar-refractivity contribution in [2.45, 2.75) is 20.4 Å². The Hall–Kier alpha value is -2.93. The van der Waals surface area contributed by atoms with E-state index >= 15 is 0 Å². The Kier molecular flexibility index (Phi) is 5.71. The zero-order valence-corrected chi connectivity index (χ0v) is 16.5. The molecule has 2 aromatic heterocycles. The molecule has 27 heavy (non-hydrogen) atoms. The topological polar surface area (TPSA) is 84.2 Å². The van der Waals surface area contributed by atoms with Crippen molar-refractivity contribution in [3.8, 4) is 0 Å². The van der Waals surface area contributed by atoms with Gasteiger partial charge in [0, 0.05) is 30.2 Å². The number of hydrogen-bond donors (Lipinski definition) is 2. The van der Waals surface area contributed by atoms with Crippen LogP contribution in [0.4, 0.5) is 5.69 Å². The quantitative estimate of drug-likeness (QED) is 0.637. The Morgan fingerprint density at radius 1 is 1.07 bits per heavy atom. The third kappa shape index (κ3) is 4.43. The molecule has 3 rings (SSSR count). The highest BCUT2D eigenvalue weighted by Gasteiger charge is 2.19. The van der Waals surface area contributed by atoms with Crippen LogP contribution in [0.25, 0.3) is 0 Å². The van der Waals surface area contributed by atoms with Crippen LogP contribution in [0.15, 0.2) is 57.7 Å². The maximum atomic E-state index is 12.4. The van der Waals surface area contributed by atoms with Crippen LogP contribution < -0.4 is 10.6 Å². The maximum absolute atomic E-state index is 12.4. The van der Waals surface area contributed by atoms with E-state index in [1.54, 1.807) is 44.4 Å². The molecule has 6 nitrogen and oxygen atoms in total. The molecule has 0 unspecified atom stereocenters. The Labute approximate surface area is 165 Å². The molecule has 138 valence electrons. The summed E-state index contributed by atoms with van der Waals surface area (Å²) in [6, 6.07) is 10.6. The zero-order valence-electron chi connectivity index (χ0n) is 14.9. The van der Waals surface area contributed by atoms with Crippen LogP contribution in [0.2, 0.25) is 0 Å². The number of furan rings is 1. The molecule has 2 amide bonds. The summed E-state index contributed by atoms with van der Waals surface area (Å²) in [7, 11) is 0. The minimum absolute atomic E-state index is 0.216. The lowest BCUT2D eigenvalue weighted by Crippen LogP contribution is -2.23. The van der Waals surface area contributed by atoms with Crippen molar-refractivity contribution in [2.75, 3.05) is 5.32 Å². The number of aryl methyl sites for hydroxylation is 2. The van der Waals surface area contributed by atoms with Gasteiger partial charge in [0.15, 0.2) is 0 Å². The number of hydrogen-bond acceptors (Lipinski definition) is 4. The van der Waals surface area contributed by atoms with Gasteiger partial charge in [0.1, 0.15) is 11.5 Å². The molecule has 2 heterocycles. The van der Waals surface area contributed by atoms with Crippen LogP contribution >= 0.6 is 15.9 Å². The number of anilines is 1. The summed E-state index contributed by atoms with van der Waals surface area (Å²) in [5, 5.41) is 5.71. The summed E-state index contributed by atoms with van der Waals surface area (Å²) in [5.41, 5.74) is 2.54. The second-order valence-electron chi connectivity index (χ2n) is 5.98. The van der Waals surface area contributed by atoms with Crippen LogP contribution in [0.5, 0.6) is 0 Å². The van der Waals surface area contributed by atoms with Gasteiger partial charge in [-0.3, -0.25) is 14.6 Å². The summed E-state index contributed by atoms with van der Waals surface area (Å²) in [6.45, 7) is 3.87. The lowest BCUT2D eigenvalue weighted by Gasteiger charge is -2.09. The van der Waals surface area contributed by atoms with Crippen LogP contribution in [0.3, 0.4) is 0 Å². The first-order valence-corrected chi connectivity index (χ1v) is 9.09. The minimum Gasteiger partial charge on any atom is -0.465 e. The maximum Gasteiger partial charge on any atom is 0.256 e. The number of carbonyl (C=O) groups excluding carboxylic acids is 2. The van der Waals surface area contributed by atoms with E-state index in [9.17, 15) is 9.59 Å². The number of halogens is 1. The van der Waals surface area contributed by atoms with Crippen molar-refractivity contribution in [1.29, 1.82) is 0 Å². The first-order valence-electron chi connectivity index (χ1n) is 8.29. The van der Waals surface area contributed by atoms with Crippen molar-refractivity contribution < 1.29 is 14.0 Å². The molecule has 0 bridgehead atoms. The molecule has 2 N–H and O–H groups in total. The molecule has 0 aliphatic carbocycles. The second kappa shape index (κ2) is 8.18. The van der Waals surface area contributed by atoms with Gasteiger partial charge >= 0.3 is 0 Å². The van der Waals surface area contributed by atoms with Gasteiger partial charge in [-0.1, -0.05) is 12.1 Å². The average Bonchev–Trinajstić information content (AvgIpc) is 2.92. The first-order chi connectivity index (χ1) is 13.0. The van der Waals surface area contributed by atoms with E-state index < -0.39 is 0 Å².